The molecule has 2 rings (SSSR count). The Morgan fingerprint density at radius 1 is 1.33 bits per heavy atom. The molecule has 1 fully saturated rings. The van der Waals surface area contributed by atoms with Crippen LogP contribution in [0.4, 0.5) is 13.2 Å². The molecule has 1 saturated carbocycles. The average Bonchev–Trinajstić information content (AvgIpc) is 3.12. The van der Waals surface area contributed by atoms with E-state index in [4.69, 9.17) is 0 Å². The fourth-order valence-corrected chi connectivity index (χ4v) is 1.68. The minimum atomic E-state index is -4.41. The molecule has 0 saturated heterocycles. The van der Waals surface area contributed by atoms with Crippen LogP contribution in [0.3, 0.4) is 0 Å². The van der Waals surface area contributed by atoms with Crippen LogP contribution in [0.2, 0.25) is 0 Å². The molecule has 0 heterocycles. The van der Waals surface area contributed by atoms with Gasteiger partial charge in [0.1, 0.15) is 0 Å². The Bertz CT molecular complexity index is 438. The number of halogens is 3. The summed E-state index contributed by atoms with van der Waals surface area (Å²) in [6.45, 7) is 0.864. The van der Waals surface area contributed by atoms with Crippen molar-refractivity contribution in [2.24, 2.45) is 5.92 Å². The zero-order valence-electron chi connectivity index (χ0n) is 9.76. The fraction of sp³-hybridized carbons (Fsp3) is 0.462. The number of Topliss-reactive ketones (excluding diaryl/α,β-unsaturated/α-hetero) is 1. The van der Waals surface area contributed by atoms with Crippen molar-refractivity contribution < 1.29 is 18.0 Å². The Morgan fingerprint density at radius 3 is 2.67 bits per heavy atom. The molecule has 1 N–H and O–H groups in total. The summed E-state index contributed by atoms with van der Waals surface area (Å²) in [5.74, 6) is 0.334. The van der Waals surface area contributed by atoms with Gasteiger partial charge in [0.05, 0.1) is 12.1 Å². The first-order valence-corrected chi connectivity index (χ1v) is 5.88. The average molecular weight is 257 g/mol. The van der Waals surface area contributed by atoms with Gasteiger partial charge in [-0.25, -0.2) is 0 Å². The maximum absolute atomic E-state index is 12.5. The van der Waals surface area contributed by atoms with E-state index < -0.39 is 11.7 Å². The van der Waals surface area contributed by atoms with E-state index in [2.05, 4.69) is 5.32 Å². The largest absolute Gasteiger partial charge is 0.416 e. The van der Waals surface area contributed by atoms with Gasteiger partial charge in [0, 0.05) is 5.56 Å². The standard InChI is InChI=1S/C13H14F3NO/c14-13(15,16)11-3-1-2-10(6-11)12(18)8-17-7-9-4-5-9/h1-3,6,9,17H,4-5,7-8H2. The van der Waals surface area contributed by atoms with E-state index in [0.717, 1.165) is 18.7 Å². The van der Waals surface area contributed by atoms with E-state index in [1.807, 2.05) is 0 Å². The summed E-state index contributed by atoms with van der Waals surface area (Å²) in [6.07, 6.45) is -2.06. The molecule has 0 radical (unpaired) electrons. The van der Waals surface area contributed by atoms with E-state index in [9.17, 15) is 18.0 Å². The first kappa shape index (κ1) is 13.1. The highest BCUT2D eigenvalue weighted by Gasteiger charge is 2.30. The zero-order chi connectivity index (χ0) is 13.2. The molecular weight excluding hydrogens is 243 g/mol. The van der Waals surface area contributed by atoms with Crippen LogP contribution in [0, 0.1) is 5.92 Å². The highest BCUT2D eigenvalue weighted by molar-refractivity contribution is 5.97. The van der Waals surface area contributed by atoms with Gasteiger partial charge in [-0.1, -0.05) is 12.1 Å². The SMILES string of the molecule is O=C(CNCC1CC1)c1cccc(C(F)(F)F)c1. The van der Waals surface area contributed by atoms with E-state index in [-0.39, 0.29) is 17.9 Å². The molecular formula is C13H14F3NO. The third-order valence-electron chi connectivity index (χ3n) is 2.93. The minimum absolute atomic E-state index is 0.0951. The molecule has 2 nitrogen and oxygen atoms in total. The van der Waals surface area contributed by atoms with Crippen LogP contribution in [0.1, 0.15) is 28.8 Å². The lowest BCUT2D eigenvalue weighted by Gasteiger charge is -2.08. The molecule has 0 atom stereocenters. The summed E-state index contributed by atoms with van der Waals surface area (Å²) in [6, 6.07) is 4.54. The highest BCUT2D eigenvalue weighted by atomic mass is 19.4. The summed E-state index contributed by atoms with van der Waals surface area (Å²) in [4.78, 5) is 11.7. The molecule has 98 valence electrons. The van der Waals surface area contributed by atoms with Gasteiger partial charge in [0.25, 0.3) is 0 Å². The summed E-state index contributed by atoms with van der Waals surface area (Å²) in [7, 11) is 0. The topological polar surface area (TPSA) is 29.1 Å². The van der Waals surface area contributed by atoms with Gasteiger partial charge >= 0.3 is 6.18 Å². The van der Waals surface area contributed by atoms with E-state index in [1.165, 1.54) is 25.0 Å². The number of benzene rings is 1. The number of hydrogen-bond donors (Lipinski definition) is 1. The van der Waals surface area contributed by atoms with Crippen molar-refractivity contribution in [1.29, 1.82) is 0 Å². The summed E-state index contributed by atoms with van der Waals surface area (Å²) in [5.41, 5.74) is -0.677. The highest BCUT2D eigenvalue weighted by Crippen LogP contribution is 2.29. The smallest absolute Gasteiger partial charge is 0.309 e. The Hall–Kier alpha value is -1.36. The molecule has 1 aromatic rings. The van der Waals surface area contributed by atoms with Crippen molar-refractivity contribution in [3.8, 4) is 0 Å². The second kappa shape index (κ2) is 5.10. The van der Waals surface area contributed by atoms with E-state index in [0.29, 0.717) is 5.92 Å². The van der Waals surface area contributed by atoms with Gasteiger partial charge in [0.15, 0.2) is 5.78 Å². The van der Waals surface area contributed by atoms with Crippen molar-refractivity contribution in [2.45, 2.75) is 19.0 Å². The second-order valence-electron chi connectivity index (χ2n) is 4.58. The van der Waals surface area contributed by atoms with Gasteiger partial charge in [-0.15, -0.1) is 0 Å². The van der Waals surface area contributed by atoms with Crippen LogP contribution in [0.5, 0.6) is 0 Å². The summed E-state index contributed by atoms with van der Waals surface area (Å²) < 4.78 is 37.4. The van der Waals surface area contributed by atoms with Crippen molar-refractivity contribution in [3.05, 3.63) is 35.4 Å². The molecule has 0 spiro atoms. The first-order valence-electron chi connectivity index (χ1n) is 5.88. The van der Waals surface area contributed by atoms with Crippen molar-refractivity contribution in [1.82, 2.24) is 5.32 Å². The van der Waals surface area contributed by atoms with Gasteiger partial charge in [0.2, 0.25) is 0 Å². The lowest BCUT2D eigenvalue weighted by Crippen LogP contribution is -2.25. The maximum Gasteiger partial charge on any atom is 0.416 e. The van der Waals surface area contributed by atoms with Crippen LogP contribution < -0.4 is 5.32 Å². The Kier molecular flexibility index (Phi) is 3.71. The maximum atomic E-state index is 12.5. The van der Waals surface area contributed by atoms with Gasteiger partial charge < -0.3 is 5.32 Å². The third-order valence-corrected chi connectivity index (χ3v) is 2.93. The summed E-state index contributed by atoms with van der Waals surface area (Å²) >= 11 is 0. The molecule has 0 amide bonds. The molecule has 0 bridgehead atoms. The molecule has 0 unspecified atom stereocenters. The Labute approximate surface area is 103 Å². The fourth-order valence-electron chi connectivity index (χ4n) is 1.68. The van der Waals surface area contributed by atoms with Crippen molar-refractivity contribution >= 4 is 5.78 Å². The normalized spacial score (nSPS) is 15.7. The van der Waals surface area contributed by atoms with Crippen LogP contribution in [-0.2, 0) is 6.18 Å². The van der Waals surface area contributed by atoms with Gasteiger partial charge in [-0.05, 0) is 37.4 Å². The number of alkyl halides is 3. The van der Waals surface area contributed by atoms with Gasteiger partial charge in [-0.2, -0.15) is 13.2 Å². The monoisotopic (exact) mass is 257 g/mol. The third kappa shape index (κ3) is 3.57. The van der Waals surface area contributed by atoms with Crippen molar-refractivity contribution in [3.63, 3.8) is 0 Å². The molecule has 1 aliphatic rings. The molecule has 1 aromatic carbocycles. The zero-order valence-corrected chi connectivity index (χ0v) is 9.76. The number of ketones is 1. The summed E-state index contributed by atoms with van der Waals surface area (Å²) in [5, 5.41) is 2.97. The molecule has 0 aliphatic heterocycles. The van der Waals surface area contributed by atoms with Crippen LogP contribution in [-0.4, -0.2) is 18.9 Å². The lowest BCUT2D eigenvalue weighted by molar-refractivity contribution is -0.137. The number of nitrogens with one attached hydrogen (secondary N) is 1. The Balaban J connectivity index is 1.96. The molecule has 5 heteroatoms. The van der Waals surface area contributed by atoms with Crippen molar-refractivity contribution in [2.75, 3.05) is 13.1 Å². The molecule has 1 aliphatic carbocycles. The quantitative estimate of drug-likeness (QED) is 0.822. The van der Waals surface area contributed by atoms with Crippen LogP contribution >= 0.6 is 0 Å². The number of carbonyl (C=O) groups excluding carboxylic acids is 1. The van der Waals surface area contributed by atoms with Crippen LogP contribution in [0.25, 0.3) is 0 Å². The van der Waals surface area contributed by atoms with Gasteiger partial charge in [-0.3, -0.25) is 4.79 Å². The first-order chi connectivity index (χ1) is 8.47. The van der Waals surface area contributed by atoms with Crippen LogP contribution in [0.15, 0.2) is 24.3 Å². The second-order valence-corrected chi connectivity index (χ2v) is 4.58. The number of carbonyl (C=O) groups is 1. The molecule has 18 heavy (non-hydrogen) atoms. The lowest BCUT2D eigenvalue weighted by atomic mass is 10.1. The Morgan fingerprint density at radius 2 is 2.06 bits per heavy atom. The molecule has 0 aromatic heterocycles. The predicted molar refractivity (Wildman–Crippen MR) is 61.4 cm³/mol. The van der Waals surface area contributed by atoms with E-state index >= 15 is 0 Å². The van der Waals surface area contributed by atoms with E-state index in [1.54, 1.807) is 0 Å². The minimum Gasteiger partial charge on any atom is -0.309 e. The number of hydrogen-bond acceptors (Lipinski definition) is 2. The predicted octanol–water partition coefficient (Wildman–Crippen LogP) is 2.89. The number of rotatable bonds is 5.